The minimum atomic E-state index is -1.29. The van der Waals surface area contributed by atoms with E-state index in [0.29, 0.717) is 0 Å². The number of nitrogens with zero attached hydrogens (tertiary/aromatic N) is 3. The first-order chi connectivity index (χ1) is 13.6. The van der Waals surface area contributed by atoms with Gasteiger partial charge in [0.25, 0.3) is 0 Å². The largest absolute Gasteiger partial charge is 0.463 e. The van der Waals surface area contributed by atoms with Crippen LogP contribution in [0.15, 0.2) is 6.33 Å². The van der Waals surface area contributed by atoms with Gasteiger partial charge in [-0.2, -0.15) is 0 Å². The summed E-state index contributed by atoms with van der Waals surface area (Å²) in [5.74, 6) is -2.85. The minimum absolute atomic E-state index is 0.0853. The molecule has 1 aliphatic rings. The molecule has 1 saturated heterocycles. The van der Waals surface area contributed by atoms with E-state index in [2.05, 4.69) is 10.1 Å². The highest BCUT2D eigenvalue weighted by atomic mass is 16.7. The van der Waals surface area contributed by atoms with Crippen molar-refractivity contribution in [2.75, 3.05) is 12.3 Å². The van der Waals surface area contributed by atoms with E-state index in [-0.39, 0.29) is 12.6 Å². The summed E-state index contributed by atoms with van der Waals surface area (Å²) in [6.07, 6.45) is -4.82. The number of ether oxygens (including phenoxy) is 5. The zero-order chi connectivity index (χ0) is 21.7. The van der Waals surface area contributed by atoms with Crippen molar-refractivity contribution >= 4 is 29.8 Å². The van der Waals surface area contributed by atoms with Crippen LogP contribution in [0.25, 0.3) is 0 Å². The van der Waals surface area contributed by atoms with Crippen LogP contribution in [0.3, 0.4) is 0 Å². The fraction of sp³-hybridized carbons (Fsp3) is 0.625. The number of hydrogen-bond donors (Lipinski definition) is 1. The van der Waals surface area contributed by atoms with Crippen molar-refractivity contribution in [3.05, 3.63) is 6.33 Å². The molecule has 0 amide bonds. The predicted octanol–water partition coefficient (Wildman–Crippen LogP) is -0.884. The van der Waals surface area contributed by atoms with Crippen molar-refractivity contribution in [3.8, 4) is 0 Å². The van der Waals surface area contributed by atoms with E-state index in [1.807, 2.05) is 0 Å². The van der Waals surface area contributed by atoms with Gasteiger partial charge in [0, 0.05) is 27.7 Å². The molecular weight excluding hydrogens is 392 g/mol. The molecule has 5 atom stereocenters. The number of nitrogens with two attached hydrogens (primary N) is 1. The molecule has 0 bridgehead atoms. The molecule has 1 aromatic heterocycles. The molecule has 0 spiro atoms. The Balaban J connectivity index is 2.49. The lowest BCUT2D eigenvalue weighted by Gasteiger charge is -2.44. The maximum Gasteiger partial charge on any atom is 0.303 e. The van der Waals surface area contributed by atoms with Gasteiger partial charge in [0.05, 0.1) is 0 Å². The van der Waals surface area contributed by atoms with E-state index < -0.39 is 54.5 Å². The van der Waals surface area contributed by atoms with Crippen LogP contribution in [0.1, 0.15) is 33.9 Å². The van der Waals surface area contributed by atoms with Gasteiger partial charge in [-0.1, -0.05) is 0 Å². The minimum Gasteiger partial charge on any atom is -0.463 e. The van der Waals surface area contributed by atoms with Crippen molar-refractivity contribution in [1.82, 2.24) is 14.8 Å². The smallest absolute Gasteiger partial charge is 0.303 e. The summed E-state index contributed by atoms with van der Waals surface area (Å²) in [5.41, 5.74) is 5.54. The Morgan fingerprint density at radius 1 is 0.966 bits per heavy atom. The van der Waals surface area contributed by atoms with Crippen molar-refractivity contribution in [1.29, 1.82) is 0 Å². The first-order valence-corrected chi connectivity index (χ1v) is 8.55. The topological polar surface area (TPSA) is 171 Å². The third-order valence-electron chi connectivity index (χ3n) is 3.75. The zero-order valence-electron chi connectivity index (χ0n) is 16.3. The van der Waals surface area contributed by atoms with E-state index in [9.17, 15) is 19.2 Å². The number of nitrogen functional groups attached to an aromatic ring is 1. The number of hydrogen-bond acceptors (Lipinski definition) is 12. The summed E-state index contributed by atoms with van der Waals surface area (Å²) in [4.78, 5) is 50.1. The van der Waals surface area contributed by atoms with Gasteiger partial charge in [-0.25, -0.2) is 9.67 Å². The molecule has 29 heavy (non-hydrogen) atoms. The van der Waals surface area contributed by atoms with Gasteiger partial charge in [0.15, 0.2) is 24.5 Å². The number of esters is 4. The fourth-order valence-electron chi connectivity index (χ4n) is 2.83. The number of carbonyl (C=O) groups excluding carboxylic acids is 4. The first-order valence-electron chi connectivity index (χ1n) is 8.55. The standard InChI is InChI=1S/C16H22N4O9/c1-7(21)25-5-11-12(26-8(2)22)13(27-9(3)23)14(28-10(4)24)15(29-11)20-6-18-16(17)19-20/h6,11-15H,5H2,1-4H3,(H2,17,19)/t11-,12-,13+,14-,15-/m1/s1. The molecular formula is C16H22N4O9. The summed E-state index contributed by atoms with van der Waals surface area (Å²) in [6, 6.07) is 0. The van der Waals surface area contributed by atoms with Crippen LogP contribution < -0.4 is 5.73 Å². The summed E-state index contributed by atoms with van der Waals surface area (Å²) in [6.45, 7) is 4.26. The summed E-state index contributed by atoms with van der Waals surface area (Å²) in [7, 11) is 0. The number of rotatable bonds is 6. The molecule has 2 rings (SSSR count). The Kier molecular flexibility index (Phi) is 7.09. The number of anilines is 1. The predicted molar refractivity (Wildman–Crippen MR) is 91.6 cm³/mol. The lowest BCUT2D eigenvalue weighted by atomic mass is 9.97. The van der Waals surface area contributed by atoms with Gasteiger partial charge in [-0.15, -0.1) is 5.10 Å². The van der Waals surface area contributed by atoms with Gasteiger partial charge in [0.2, 0.25) is 5.95 Å². The molecule has 160 valence electrons. The van der Waals surface area contributed by atoms with Gasteiger partial charge in [-0.3, -0.25) is 19.2 Å². The van der Waals surface area contributed by atoms with Crippen LogP contribution in [-0.4, -0.2) is 69.7 Å². The molecule has 0 aromatic carbocycles. The number of aromatic nitrogens is 3. The Labute approximate surface area is 165 Å². The molecule has 2 heterocycles. The molecule has 1 aromatic rings. The Morgan fingerprint density at radius 2 is 1.52 bits per heavy atom. The third-order valence-corrected chi connectivity index (χ3v) is 3.75. The van der Waals surface area contributed by atoms with Crippen LogP contribution in [0.2, 0.25) is 0 Å². The maximum atomic E-state index is 11.7. The van der Waals surface area contributed by atoms with Crippen LogP contribution >= 0.6 is 0 Å². The van der Waals surface area contributed by atoms with Crippen molar-refractivity contribution in [3.63, 3.8) is 0 Å². The monoisotopic (exact) mass is 414 g/mol. The molecule has 0 unspecified atom stereocenters. The van der Waals surface area contributed by atoms with Crippen molar-refractivity contribution < 1.29 is 42.9 Å². The second-order valence-corrected chi connectivity index (χ2v) is 6.17. The van der Waals surface area contributed by atoms with Crippen LogP contribution in [0.5, 0.6) is 0 Å². The van der Waals surface area contributed by atoms with E-state index in [1.54, 1.807) is 0 Å². The first kappa shape index (κ1) is 22.1. The number of carbonyl (C=O) groups is 4. The highest BCUT2D eigenvalue weighted by Gasteiger charge is 2.53. The van der Waals surface area contributed by atoms with Crippen LogP contribution in [0, 0.1) is 0 Å². The molecule has 2 N–H and O–H groups in total. The highest BCUT2D eigenvalue weighted by molar-refractivity contribution is 5.68. The summed E-state index contributed by atoms with van der Waals surface area (Å²) >= 11 is 0. The van der Waals surface area contributed by atoms with Crippen LogP contribution in [0.4, 0.5) is 5.95 Å². The molecule has 13 nitrogen and oxygen atoms in total. The Morgan fingerprint density at radius 3 is 2.00 bits per heavy atom. The fourth-order valence-corrected chi connectivity index (χ4v) is 2.83. The molecule has 0 radical (unpaired) electrons. The second kappa shape index (κ2) is 9.32. The molecule has 0 saturated carbocycles. The van der Waals surface area contributed by atoms with E-state index in [0.717, 1.165) is 25.5 Å². The quantitative estimate of drug-likeness (QED) is 0.450. The third kappa shape index (κ3) is 5.88. The zero-order valence-corrected chi connectivity index (χ0v) is 16.3. The van der Waals surface area contributed by atoms with Crippen molar-refractivity contribution in [2.45, 2.75) is 58.3 Å². The molecule has 1 fully saturated rings. The Bertz CT molecular complexity index is 780. The van der Waals surface area contributed by atoms with E-state index >= 15 is 0 Å². The van der Waals surface area contributed by atoms with Gasteiger partial charge in [-0.05, 0) is 0 Å². The maximum absolute atomic E-state index is 11.7. The molecule has 1 aliphatic heterocycles. The average molecular weight is 414 g/mol. The second-order valence-electron chi connectivity index (χ2n) is 6.17. The molecule has 13 heteroatoms. The lowest BCUT2D eigenvalue weighted by molar-refractivity contribution is -0.270. The van der Waals surface area contributed by atoms with Gasteiger partial charge >= 0.3 is 23.9 Å². The average Bonchev–Trinajstić information content (AvgIpc) is 3.01. The summed E-state index contributed by atoms with van der Waals surface area (Å²) in [5, 5.41) is 3.93. The Hall–Kier alpha value is -3.22. The van der Waals surface area contributed by atoms with E-state index in [1.165, 1.54) is 13.3 Å². The van der Waals surface area contributed by atoms with E-state index in [4.69, 9.17) is 29.4 Å². The van der Waals surface area contributed by atoms with Gasteiger partial charge < -0.3 is 29.4 Å². The highest BCUT2D eigenvalue weighted by Crippen LogP contribution is 2.34. The lowest BCUT2D eigenvalue weighted by Crippen LogP contribution is -2.60. The summed E-state index contributed by atoms with van der Waals surface area (Å²) < 4.78 is 27.9. The molecule has 0 aliphatic carbocycles. The van der Waals surface area contributed by atoms with Crippen molar-refractivity contribution in [2.24, 2.45) is 0 Å². The SMILES string of the molecule is CC(=O)OC[C@H]1O[C@@H](n2cnc(N)n2)[C@H](OC(C)=O)[C@@H](OC(C)=O)[C@@H]1OC(C)=O. The normalized spacial score (nSPS) is 26.3. The van der Waals surface area contributed by atoms with Crippen LogP contribution in [-0.2, 0) is 42.9 Å². The van der Waals surface area contributed by atoms with Gasteiger partial charge in [0.1, 0.15) is 19.0 Å².